The highest BCUT2D eigenvalue weighted by atomic mass is 31.2. The predicted molar refractivity (Wildman–Crippen MR) is 140 cm³/mol. The van der Waals surface area contributed by atoms with E-state index in [1.807, 2.05) is 19.9 Å². The normalized spacial score (nSPS) is 14.2. The first kappa shape index (κ1) is 23.8. The molecule has 0 amide bonds. The standard InChI is InChI=1S/C28H34NO3P/c1-4-29-17-7-8-27-19-23(13-16-28(27)29)10-9-22-11-14-26-20-24(12-15-25(26)18-22)21-33(30,31-5-2)32-6-3/h9-16,18-20H,4-8,17,21H2,1-3H3/b10-9+. The highest BCUT2D eigenvalue weighted by molar-refractivity contribution is 7.53. The van der Waals surface area contributed by atoms with Crippen LogP contribution in [-0.4, -0.2) is 26.3 Å². The average molecular weight is 464 g/mol. The molecule has 4 rings (SSSR count). The van der Waals surface area contributed by atoms with Gasteiger partial charge in [-0.25, -0.2) is 0 Å². The summed E-state index contributed by atoms with van der Waals surface area (Å²) >= 11 is 0. The molecular formula is C28H34NO3P. The van der Waals surface area contributed by atoms with E-state index in [-0.39, 0.29) is 0 Å². The van der Waals surface area contributed by atoms with Gasteiger partial charge in [-0.3, -0.25) is 4.57 Å². The maximum absolute atomic E-state index is 12.9. The molecule has 174 valence electrons. The maximum Gasteiger partial charge on any atom is 0.335 e. The van der Waals surface area contributed by atoms with E-state index < -0.39 is 7.60 Å². The second-order valence-electron chi connectivity index (χ2n) is 8.45. The van der Waals surface area contributed by atoms with Crippen molar-refractivity contribution < 1.29 is 13.6 Å². The van der Waals surface area contributed by atoms with Gasteiger partial charge in [-0.15, -0.1) is 0 Å². The minimum Gasteiger partial charge on any atom is -0.372 e. The fraction of sp³-hybridized carbons (Fsp3) is 0.357. The van der Waals surface area contributed by atoms with E-state index in [1.165, 1.54) is 23.2 Å². The van der Waals surface area contributed by atoms with Crippen LogP contribution in [0.15, 0.2) is 54.6 Å². The van der Waals surface area contributed by atoms with Gasteiger partial charge in [0.25, 0.3) is 0 Å². The fourth-order valence-corrected chi connectivity index (χ4v) is 6.27. The van der Waals surface area contributed by atoms with Gasteiger partial charge in [0.1, 0.15) is 0 Å². The van der Waals surface area contributed by atoms with Crippen LogP contribution < -0.4 is 4.90 Å². The van der Waals surface area contributed by atoms with Crippen LogP contribution in [-0.2, 0) is 26.2 Å². The molecule has 0 bridgehead atoms. The molecule has 3 aromatic rings. The van der Waals surface area contributed by atoms with Crippen LogP contribution in [0.5, 0.6) is 0 Å². The molecule has 0 N–H and O–H groups in total. The summed E-state index contributed by atoms with van der Waals surface area (Å²) in [6, 6.07) is 19.4. The summed E-state index contributed by atoms with van der Waals surface area (Å²) in [6.45, 7) is 8.88. The van der Waals surface area contributed by atoms with E-state index in [0.717, 1.165) is 41.4 Å². The van der Waals surface area contributed by atoms with Crippen molar-refractivity contribution >= 4 is 36.2 Å². The summed E-state index contributed by atoms with van der Waals surface area (Å²) < 4.78 is 23.8. The third-order valence-electron chi connectivity index (χ3n) is 6.12. The second kappa shape index (κ2) is 10.7. The number of hydrogen-bond acceptors (Lipinski definition) is 4. The molecule has 0 atom stereocenters. The quantitative estimate of drug-likeness (QED) is 0.243. The lowest BCUT2D eigenvalue weighted by Crippen LogP contribution is -2.28. The first-order chi connectivity index (χ1) is 16.0. The predicted octanol–water partition coefficient (Wildman–Crippen LogP) is 7.55. The summed E-state index contributed by atoms with van der Waals surface area (Å²) in [4.78, 5) is 2.46. The Labute approximate surface area is 197 Å². The van der Waals surface area contributed by atoms with Crippen LogP contribution >= 0.6 is 7.60 Å². The summed E-state index contributed by atoms with van der Waals surface area (Å²) in [5.41, 5.74) is 6.21. The third-order valence-corrected chi connectivity index (χ3v) is 8.18. The molecule has 0 unspecified atom stereocenters. The molecule has 1 aliphatic heterocycles. The minimum absolute atomic E-state index is 0.292. The molecule has 4 nitrogen and oxygen atoms in total. The van der Waals surface area contributed by atoms with Crippen molar-refractivity contribution in [2.24, 2.45) is 0 Å². The van der Waals surface area contributed by atoms with Crippen LogP contribution in [0.25, 0.3) is 22.9 Å². The second-order valence-corrected chi connectivity index (χ2v) is 10.5. The number of rotatable bonds is 9. The van der Waals surface area contributed by atoms with Gasteiger partial charge in [-0.1, -0.05) is 48.6 Å². The molecule has 1 heterocycles. The number of fused-ring (bicyclic) bond motifs is 2. The highest BCUT2D eigenvalue weighted by Crippen LogP contribution is 2.51. The summed E-state index contributed by atoms with van der Waals surface area (Å²) in [7, 11) is -3.10. The van der Waals surface area contributed by atoms with E-state index in [2.05, 4.69) is 72.5 Å². The Kier molecular flexibility index (Phi) is 7.70. The van der Waals surface area contributed by atoms with Gasteiger partial charge in [0, 0.05) is 18.8 Å². The molecule has 1 aliphatic rings. The molecule has 5 heteroatoms. The van der Waals surface area contributed by atoms with Gasteiger partial charge in [0.05, 0.1) is 19.4 Å². The Morgan fingerprint density at radius 2 is 1.55 bits per heavy atom. The molecule has 0 radical (unpaired) electrons. The largest absolute Gasteiger partial charge is 0.372 e. The van der Waals surface area contributed by atoms with Gasteiger partial charge in [0.2, 0.25) is 0 Å². The van der Waals surface area contributed by atoms with Crippen LogP contribution in [0.2, 0.25) is 0 Å². The number of benzene rings is 3. The summed E-state index contributed by atoms with van der Waals surface area (Å²) in [5.74, 6) is 0. The SMILES string of the molecule is CCOP(=O)(Cc1ccc2cc(/C=C/c3ccc4c(c3)CCCN4CC)ccc2c1)OCC. The Bertz CT molecular complexity index is 1180. The number of anilines is 1. The Morgan fingerprint density at radius 1 is 0.879 bits per heavy atom. The Hall–Kier alpha value is -2.39. The first-order valence-corrected chi connectivity index (χ1v) is 13.7. The molecule has 0 aromatic heterocycles. The molecule has 0 spiro atoms. The van der Waals surface area contributed by atoms with E-state index in [4.69, 9.17) is 9.05 Å². The molecule has 33 heavy (non-hydrogen) atoms. The Balaban J connectivity index is 1.51. The molecule has 0 aliphatic carbocycles. The van der Waals surface area contributed by atoms with Crippen molar-refractivity contribution in [3.8, 4) is 0 Å². The third kappa shape index (κ3) is 5.76. The van der Waals surface area contributed by atoms with Crippen molar-refractivity contribution in [2.45, 2.75) is 39.8 Å². The topological polar surface area (TPSA) is 38.8 Å². The van der Waals surface area contributed by atoms with Crippen molar-refractivity contribution in [1.29, 1.82) is 0 Å². The van der Waals surface area contributed by atoms with Crippen molar-refractivity contribution in [2.75, 3.05) is 31.2 Å². The molecule has 3 aromatic carbocycles. The monoisotopic (exact) mass is 463 g/mol. The van der Waals surface area contributed by atoms with Gasteiger partial charge in [0.15, 0.2) is 0 Å². The smallest absolute Gasteiger partial charge is 0.335 e. The summed E-state index contributed by atoms with van der Waals surface area (Å²) in [6.07, 6.45) is 7.05. The van der Waals surface area contributed by atoms with Crippen LogP contribution in [0.3, 0.4) is 0 Å². The van der Waals surface area contributed by atoms with Gasteiger partial charge >= 0.3 is 7.60 Å². The molecule has 0 fully saturated rings. The van der Waals surface area contributed by atoms with E-state index >= 15 is 0 Å². The van der Waals surface area contributed by atoms with Gasteiger partial charge in [-0.05, 0) is 84.8 Å². The highest BCUT2D eigenvalue weighted by Gasteiger charge is 2.24. The Morgan fingerprint density at radius 3 is 2.27 bits per heavy atom. The van der Waals surface area contributed by atoms with Crippen LogP contribution in [0.1, 0.15) is 49.4 Å². The van der Waals surface area contributed by atoms with Crippen molar-refractivity contribution in [3.05, 3.63) is 76.9 Å². The fourth-order valence-electron chi connectivity index (χ4n) is 4.58. The van der Waals surface area contributed by atoms with Crippen LogP contribution in [0, 0.1) is 0 Å². The number of nitrogens with zero attached hydrogens (tertiary/aromatic N) is 1. The lowest BCUT2D eigenvalue weighted by atomic mass is 9.98. The van der Waals surface area contributed by atoms with Crippen molar-refractivity contribution in [1.82, 2.24) is 0 Å². The van der Waals surface area contributed by atoms with Crippen LogP contribution in [0.4, 0.5) is 5.69 Å². The zero-order valence-electron chi connectivity index (χ0n) is 19.9. The van der Waals surface area contributed by atoms with E-state index in [1.54, 1.807) is 0 Å². The molecule has 0 saturated carbocycles. The lowest BCUT2D eigenvalue weighted by molar-refractivity contribution is 0.219. The zero-order chi connectivity index (χ0) is 23.3. The van der Waals surface area contributed by atoms with Gasteiger partial charge in [-0.2, -0.15) is 0 Å². The minimum atomic E-state index is -3.10. The number of aryl methyl sites for hydroxylation is 1. The van der Waals surface area contributed by atoms with E-state index in [0.29, 0.717) is 19.4 Å². The van der Waals surface area contributed by atoms with Gasteiger partial charge < -0.3 is 13.9 Å². The maximum atomic E-state index is 12.9. The number of hydrogen-bond donors (Lipinski definition) is 0. The molecule has 0 saturated heterocycles. The first-order valence-electron chi connectivity index (χ1n) is 12.0. The lowest BCUT2D eigenvalue weighted by Gasteiger charge is -2.30. The summed E-state index contributed by atoms with van der Waals surface area (Å²) in [5, 5.41) is 2.28. The average Bonchev–Trinajstić information content (AvgIpc) is 2.82. The molecular weight excluding hydrogens is 429 g/mol. The van der Waals surface area contributed by atoms with E-state index in [9.17, 15) is 4.57 Å². The zero-order valence-corrected chi connectivity index (χ0v) is 20.8. The van der Waals surface area contributed by atoms with Crippen molar-refractivity contribution in [3.63, 3.8) is 0 Å².